The summed E-state index contributed by atoms with van der Waals surface area (Å²) in [6.07, 6.45) is 1.31. The van der Waals surface area contributed by atoms with Crippen molar-refractivity contribution in [2.75, 3.05) is 32.4 Å². The van der Waals surface area contributed by atoms with Gasteiger partial charge in [0.1, 0.15) is 5.60 Å². The Morgan fingerprint density at radius 2 is 2.23 bits per heavy atom. The molecule has 2 amide bonds. The number of piperidine rings is 1. The van der Waals surface area contributed by atoms with E-state index in [-0.39, 0.29) is 17.8 Å². The highest BCUT2D eigenvalue weighted by Crippen LogP contribution is 2.31. The third-order valence-corrected chi connectivity index (χ3v) is 4.66. The van der Waals surface area contributed by atoms with Crippen molar-refractivity contribution in [3.8, 4) is 0 Å². The first-order chi connectivity index (χ1) is 10.5. The van der Waals surface area contributed by atoms with Crippen LogP contribution in [-0.4, -0.2) is 70.0 Å². The summed E-state index contributed by atoms with van der Waals surface area (Å²) in [6.45, 7) is 3.38. The molecule has 0 N–H and O–H groups in total. The van der Waals surface area contributed by atoms with Gasteiger partial charge in [0.2, 0.25) is 11.8 Å². The Balaban J connectivity index is 1.57. The summed E-state index contributed by atoms with van der Waals surface area (Å²) in [5, 5.41) is 7.97. The Bertz CT molecular complexity index is 592. The second-order valence-corrected chi connectivity index (χ2v) is 6.63. The van der Waals surface area contributed by atoms with Gasteiger partial charge in [0.15, 0.2) is 0 Å². The molecule has 3 rings (SSSR count). The molecule has 0 saturated carbocycles. The largest absolute Gasteiger partial charge is 0.439 e. The third-order valence-electron chi connectivity index (χ3n) is 3.86. The number of hydrogen-bond acceptors (Lipinski definition) is 7. The first-order valence-electron chi connectivity index (χ1n) is 7.12. The van der Waals surface area contributed by atoms with Crippen LogP contribution in [0.2, 0.25) is 0 Å². The Kier molecular flexibility index (Phi) is 3.98. The number of carbonyl (C=O) groups is 2. The molecule has 2 saturated heterocycles. The molecule has 2 aliphatic rings. The minimum atomic E-state index is -0.550. The molecule has 1 atom stereocenters. The fraction of sp³-hybridized carbons (Fsp3) is 0.692. The molecule has 1 spiro atoms. The summed E-state index contributed by atoms with van der Waals surface area (Å²) in [4.78, 5) is 27.3. The van der Waals surface area contributed by atoms with Gasteiger partial charge in [-0.2, -0.15) is 0 Å². The number of ether oxygens (including phenoxy) is 1. The van der Waals surface area contributed by atoms with Gasteiger partial charge < -0.3 is 19.0 Å². The van der Waals surface area contributed by atoms with E-state index in [1.54, 1.807) is 23.8 Å². The molecule has 2 aliphatic heterocycles. The summed E-state index contributed by atoms with van der Waals surface area (Å²) < 4.78 is 10.7. The molecule has 2 fully saturated rings. The number of nitrogens with zero attached hydrogens (tertiary/aromatic N) is 4. The average Bonchev–Trinajstić information content (AvgIpc) is 3.00. The van der Waals surface area contributed by atoms with E-state index in [0.29, 0.717) is 30.7 Å². The van der Waals surface area contributed by atoms with E-state index >= 15 is 0 Å². The molecule has 0 bridgehead atoms. The highest BCUT2D eigenvalue weighted by Gasteiger charge is 2.47. The number of rotatable bonds is 3. The molecular formula is C13H18N4O4S. The molecule has 1 aromatic heterocycles. The van der Waals surface area contributed by atoms with E-state index < -0.39 is 5.60 Å². The van der Waals surface area contributed by atoms with Crippen molar-refractivity contribution < 1.29 is 18.7 Å². The highest BCUT2D eigenvalue weighted by molar-refractivity contribution is 7.99. The fourth-order valence-corrected chi connectivity index (χ4v) is 3.57. The Labute approximate surface area is 132 Å². The highest BCUT2D eigenvalue weighted by atomic mass is 32.2. The lowest BCUT2D eigenvalue weighted by Gasteiger charge is -2.38. The van der Waals surface area contributed by atoms with Gasteiger partial charge in [0.05, 0.1) is 18.8 Å². The Hall–Kier alpha value is -1.77. The van der Waals surface area contributed by atoms with Gasteiger partial charge >= 0.3 is 6.09 Å². The van der Waals surface area contributed by atoms with Crippen LogP contribution in [0.1, 0.15) is 18.7 Å². The zero-order valence-electron chi connectivity index (χ0n) is 12.6. The number of likely N-dealkylation sites (tertiary alicyclic amines) is 1. The van der Waals surface area contributed by atoms with Crippen molar-refractivity contribution in [2.24, 2.45) is 0 Å². The van der Waals surface area contributed by atoms with Crippen molar-refractivity contribution in [1.82, 2.24) is 20.0 Å². The van der Waals surface area contributed by atoms with Gasteiger partial charge in [0.25, 0.3) is 5.22 Å². The molecule has 0 unspecified atom stereocenters. The smallest absolute Gasteiger partial charge is 0.410 e. The van der Waals surface area contributed by atoms with Crippen LogP contribution in [0.25, 0.3) is 0 Å². The van der Waals surface area contributed by atoms with Crippen molar-refractivity contribution in [3.63, 3.8) is 0 Å². The molecule has 22 heavy (non-hydrogen) atoms. The molecule has 3 heterocycles. The number of carbonyl (C=O) groups excluding carboxylic acids is 2. The van der Waals surface area contributed by atoms with E-state index in [9.17, 15) is 9.59 Å². The molecule has 120 valence electrons. The van der Waals surface area contributed by atoms with Gasteiger partial charge in [-0.05, 0) is 12.8 Å². The maximum atomic E-state index is 12.3. The van der Waals surface area contributed by atoms with Crippen molar-refractivity contribution >= 4 is 23.8 Å². The van der Waals surface area contributed by atoms with Crippen molar-refractivity contribution in [2.45, 2.75) is 30.6 Å². The number of aryl methyl sites for hydroxylation is 1. The third kappa shape index (κ3) is 3.03. The Morgan fingerprint density at radius 1 is 1.41 bits per heavy atom. The SMILES string of the molecule is Cc1nnc(SCC(=O)N2CCC[C@@]3(CN(C)C(=O)O3)C2)o1. The van der Waals surface area contributed by atoms with Gasteiger partial charge in [0, 0.05) is 20.5 Å². The van der Waals surface area contributed by atoms with Crippen LogP contribution in [-0.2, 0) is 9.53 Å². The van der Waals surface area contributed by atoms with Crippen LogP contribution in [0, 0.1) is 6.92 Å². The fourth-order valence-electron chi connectivity index (χ4n) is 2.87. The van der Waals surface area contributed by atoms with Gasteiger partial charge in [-0.1, -0.05) is 11.8 Å². The van der Waals surface area contributed by atoms with Crippen molar-refractivity contribution in [3.05, 3.63) is 5.89 Å². The van der Waals surface area contributed by atoms with E-state index in [1.165, 1.54) is 11.8 Å². The number of hydrogen-bond donors (Lipinski definition) is 0. The summed E-state index contributed by atoms with van der Waals surface area (Å²) in [5.41, 5.74) is -0.550. The summed E-state index contributed by atoms with van der Waals surface area (Å²) in [7, 11) is 1.71. The lowest BCUT2D eigenvalue weighted by molar-refractivity contribution is -0.133. The minimum absolute atomic E-state index is 0.00877. The molecule has 0 radical (unpaired) electrons. The number of amides is 2. The number of likely N-dealkylation sites (N-methyl/N-ethyl adjacent to an activating group) is 1. The first kappa shape index (κ1) is 15.1. The molecule has 9 heteroatoms. The molecule has 0 aliphatic carbocycles. The Morgan fingerprint density at radius 3 is 2.86 bits per heavy atom. The molecule has 1 aromatic rings. The summed E-state index contributed by atoms with van der Waals surface area (Å²) in [6, 6.07) is 0. The predicted molar refractivity (Wildman–Crippen MR) is 77.4 cm³/mol. The lowest BCUT2D eigenvalue weighted by Crippen LogP contribution is -2.52. The number of thioether (sulfide) groups is 1. The van der Waals surface area contributed by atoms with E-state index in [2.05, 4.69) is 10.2 Å². The predicted octanol–water partition coefficient (Wildman–Crippen LogP) is 0.913. The standard InChI is InChI=1S/C13H18N4O4S/c1-9-14-15-11(20-9)22-6-10(18)17-5-3-4-13(8-17)7-16(2)12(19)21-13/h3-8H2,1-2H3/t13-/m1/s1. The molecule has 8 nitrogen and oxygen atoms in total. The minimum Gasteiger partial charge on any atom is -0.439 e. The zero-order valence-corrected chi connectivity index (χ0v) is 13.4. The van der Waals surface area contributed by atoms with E-state index in [1.807, 2.05) is 0 Å². The van der Waals surface area contributed by atoms with E-state index in [0.717, 1.165) is 12.8 Å². The zero-order chi connectivity index (χ0) is 15.7. The monoisotopic (exact) mass is 326 g/mol. The first-order valence-corrected chi connectivity index (χ1v) is 8.11. The van der Waals surface area contributed by atoms with Gasteiger partial charge in [-0.15, -0.1) is 10.2 Å². The van der Waals surface area contributed by atoms with Crippen molar-refractivity contribution in [1.29, 1.82) is 0 Å². The maximum absolute atomic E-state index is 12.3. The normalized spacial score (nSPS) is 24.9. The van der Waals surface area contributed by atoms with Crippen LogP contribution in [0.4, 0.5) is 4.79 Å². The van der Waals surface area contributed by atoms with E-state index in [4.69, 9.17) is 9.15 Å². The number of aromatic nitrogens is 2. The summed E-state index contributed by atoms with van der Waals surface area (Å²) >= 11 is 1.23. The lowest BCUT2D eigenvalue weighted by atomic mass is 9.93. The summed E-state index contributed by atoms with van der Waals surface area (Å²) in [5.74, 6) is 0.708. The maximum Gasteiger partial charge on any atom is 0.410 e. The average molecular weight is 326 g/mol. The molecule has 0 aromatic carbocycles. The van der Waals surface area contributed by atoms with Crippen LogP contribution in [0.15, 0.2) is 9.64 Å². The quantitative estimate of drug-likeness (QED) is 0.763. The second-order valence-electron chi connectivity index (χ2n) is 5.70. The van der Waals surface area contributed by atoms with Crippen LogP contribution in [0.5, 0.6) is 0 Å². The van der Waals surface area contributed by atoms with Crippen LogP contribution < -0.4 is 0 Å². The second kappa shape index (κ2) is 5.79. The topological polar surface area (TPSA) is 88.8 Å². The molecular weight excluding hydrogens is 308 g/mol. The van der Waals surface area contributed by atoms with Gasteiger partial charge in [-0.25, -0.2) is 4.79 Å². The van der Waals surface area contributed by atoms with Crippen LogP contribution >= 0.6 is 11.8 Å². The van der Waals surface area contributed by atoms with Gasteiger partial charge in [-0.3, -0.25) is 4.79 Å². The van der Waals surface area contributed by atoms with Crippen LogP contribution in [0.3, 0.4) is 0 Å².